The summed E-state index contributed by atoms with van der Waals surface area (Å²) >= 11 is 0. The van der Waals surface area contributed by atoms with Crippen LogP contribution in [0.2, 0.25) is 0 Å². The Morgan fingerprint density at radius 1 is 1.32 bits per heavy atom. The molecule has 0 radical (unpaired) electrons. The predicted molar refractivity (Wildman–Crippen MR) is 72.7 cm³/mol. The molecule has 1 fully saturated rings. The van der Waals surface area contributed by atoms with Crippen LogP contribution in [0.4, 0.5) is 0 Å². The molecule has 0 bridgehead atoms. The van der Waals surface area contributed by atoms with Crippen molar-refractivity contribution in [3.63, 3.8) is 0 Å². The average Bonchev–Trinajstić information content (AvgIpc) is 2.76. The van der Waals surface area contributed by atoms with Gasteiger partial charge < -0.3 is 15.0 Å². The Hall–Kier alpha value is -0.940. The molecule has 108 valence electrons. The SMILES string of the molecule is CCC(N)Cc1nc(C2(OC)CCCCCC2)no1. The molecule has 0 spiro atoms. The maximum Gasteiger partial charge on any atom is 0.228 e. The molecule has 1 aromatic rings. The molecular weight excluding hydrogens is 242 g/mol. The first-order chi connectivity index (χ1) is 9.20. The molecule has 5 heteroatoms. The molecule has 0 aromatic carbocycles. The summed E-state index contributed by atoms with van der Waals surface area (Å²) in [5, 5.41) is 4.15. The molecular formula is C14H25N3O2. The summed E-state index contributed by atoms with van der Waals surface area (Å²) in [5.41, 5.74) is 5.57. The first kappa shape index (κ1) is 14.5. The van der Waals surface area contributed by atoms with Gasteiger partial charge in [-0.15, -0.1) is 0 Å². The van der Waals surface area contributed by atoms with Crippen LogP contribution in [0.3, 0.4) is 0 Å². The van der Waals surface area contributed by atoms with E-state index in [4.69, 9.17) is 15.0 Å². The van der Waals surface area contributed by atoms with E-state index >= 15 is 0 Å². The van der Waals surface area contributed by atoms with Gasteiger partial charge in [-0.3, -0.25) is 0 Å². The first-order valence-electron chi connectivity index (χ1n) is 7.34. The number of aromatic nitrogens is 2. The normalized spacial score (nSPS) is 21.0. The number of nitrogens with two attached hydrogens (primary N) is 1. The number of hydrogen-bond acceptors (Lipinski definition) is 5. The molecule has 1 aliphatic rings. The minimum absolute atomic E-state index is 0.0842. The van der Waals surface area contributed by atoms with E-state index in [1.54, 1.807) is 7.11 Å². The highest BCUT2D eigenvalue weighted by molar-refractivity contribution is 5.03. The van der Waals surface area contributed by atoms with Gasteiger partial charge in [0.15, 0.2) is 0 Å². The lowest BCUT2D eigenvalue weighted by molar-refractivity contribution is -0.0365. The monoisotopic (exact) mass is 267 g/mol. The van der Waals surface area contributed by atoms with E-state index in [0.29, 0.717) is 18.1 Å². The lowest BCUT2D eigenvalue weighted by atomic mass is 9.93. The summed E-state index contributed by atoms with van der Waals surface area (Å²) < 4.78 is 11.1. The van der Waals surface area contributed by atoms with Gasteiger partial charge >= 0.3 is 0 Å². The number of nitrogens with zero attached hydrogens (tertiary/aromatic N) is 2. The van der Waals surface area contributed by atoms with Crippen LogP contribution in [-0.2, 0) is 16.8 Å². The number of ether oxygens (including phenoxy) is 1. The Balaban J connectivity index is 2.14. The number of hydrogen-bond donors (Lipinski definition) is 1. The molecule has 0 aliphatic heterocycles. The highest BCUT2D eigenvalue weighted by atomic mass is 16.5. The summed E-state index contributed by atoms with van der Waals surface area (Å²) in [4.78, 5) is 4.52. The van der Waals surface area contributed by atoms with E-state index < -0.39 is 0 Å². The highest BCUT2D eigenvalue weighted by Gasteiger charge is 2.37. The fourth-order valence-corrected chi connectivity index (χ4v) is 2.71. The summed E-state index contributed by atoms with van der Waals surface area (Å²) in [6, 6.07) is 0.0842. The lowest BCUT2D eigenvalue weighted by Gasteiger charge is -2.27. The summed E-state index contributed by atoms with van der Waals surface area (Å²) in [5.74, 6) is 1.33. The van der Waals surface area contributed by atoms with E-state index in [1.165, 1.54) is 12.8 Å². The van der Waals surface area contributed by atoms with E-state index in [1.807, 2.05) is 0 Å². The van der Waals surface area contributed by atoms with Gasteiger partial charge in [0.25, 0.3) is 0 Å². The third kappa shape index (κ3) is 3.34. The van der Waals surface area contributed by atoms with Gasteiger partial charge in [0, 0.05) is 19.6 Å². The Kier molecular flexibility index (Phi) is 4.93. The van der Waals surface area contributed by atoms with Crippen molar-refractivity contribution in [2.45, 2.75) is 69.9 Å². The molecule has 5 nitrogen and oxygen atoms in total. The second-order valence-corrected chi connectivity index (χ2v) is 5.50. The van der Waals surface area contributed by atoms with Gasteiger partial charge in [-0.25, -0.2) is 0 Å². The molecule has 2 N–H and O–H groups in total. The van der Waals surface area contributed by atoms with Gasteiger partial charge in [-0.2, -0.15) is 4.98 Å². The molecule has 1 saturated carbocycles. The fraction of sp³-hybridized carbons (Fsp3) is 0.857. The fourth-order valence-electron chi connectivity index (χ4n) is 2.71. The minimum atomic E-state index is -0.353. The van der Waals surface area contributed by atoms with Crippen LogP contribution in [0.25, 0.3) is 0 Å². The van der Waals surface area contributed by atoms with Crippen LogP contribution in [0.1, 0.15) is 63.6 Å². The zero-order valence-corrected chi connectivity index (χ0v) is 12.0. The molecule has 19 heavy (non-hydrogen) atoms. The minimum Gasteiger partial charge on any atom is -0.370 e. The van der Waals surface area contributed by atoms with Gasteiger partial charge in [0.2, 0.25) is 11.7 Å². The van der Waals surface area contributed by atoms with Crippen LogP contribution >= 0.6 is 0 Å². The van der Waals surface area contributed by atoms with Gasteiger partial charge in [-0.05, 0) is 19.3 Å². The van der Waals surface area contributed by atoms with Gasteiger partial charge in [-0.1, -0.05) is 37.8 Å². The van der Waals surface area contributed by atoms with Crippen molar-refractivity contribution in [2.75, 3.05) is 7.11 Å². The third-order valence-corrected chi connectivity index (χ3v) is 4.14. The van der Waals surface area contributed by atoms with Gasteiger partial charge in [0.05, 0.1) is 0 Å². The maximum atomic E-state index is 5.92. The zero-order chi connectivity index (χ0) is 13.7. The molecule has 1 atom stereocenters. The molecule has 0 amide bonds. The predicted octanol–water partition coefficient (Wildman–Crippen LogP) is 2.55. The Labute approximate surface area is 114 Å². The maximum absolute atomic E-state index is 5.92. The van der Waals surface area contributed by atoms with Crippen LogP contribution < -0.4 is 5.73 Å². The third-order valence-electron chi connectivity index (χ3n) is 4.14. The molecule has 1 unspecified atom stereocenters. The lowest BCUT2D eigenvalue weighted by Crippen LogP contribution is -2.29. The molecule has 1 aromatic heterocycles. The average molecular weight is 267 g/mol. The van der Waals surface area contributed by atoms with Gasteiger partial charge in [0.1, 0.15) is 5.60 Å². The number of methoxy groups -OCH3 is 1. The van der Waals surface area contributed by atoms with Crippen molar-refractivity contribution in [1.29, 1.82) is 0 Å². The van der Waals surface area contributed by atoms with E-state index in [9.17, 15) is 0 Å². The molecule has 0 saturated heterocycles. The first-order valence-corrected chi connectivity index (χ1v) is 7.34. The van der Waals surface area contributed by atoms with Crippen LogP contribution in [-0.4, -0.2) is 23.3 Å². The Bertz CT molecular complexity index is 384. The van der Waals surface area contributed by atoms with Crippen molar-refractivity contribution in [3.05, 3.63) is 11.7 Å². The standard InChI is InChI=1S/C14H25N3O2/c1-3-11(15)10-12-16-13(17-19-12)14(18-2)8-6-4-5-7-9-14/h11H,3-10,15H2,1-2H3. The summed E-state index contributed by atoms with van der Waals surface area (Å²) in [6.07, 6.45) is 8.34. The van der Waals surface area contributed by atoms with Crippen LogP contribution in [0.15, 0.2) is 4.52 Å². The van der Waals surface area contributed by atoms with E-state index in [2.05, 4.69) is 17.1 Å². The topological polar surface area (TPSA) is 74.2 Å². The second kappa shape index (κ2) is 6.48. The van der Waals surface area contributed by atoms with Crippen LogP contribution in [0, 0.1) is 0 Å². The zero-order valence-electron chi connectivity index (χ0n) is 12.0. The number of rotatable bonds is 5. The Morgan fingerprint density at radius 2 is 2.00 bits per heavy atom. The molecule has 1 aliphatic carbocycles. The highest BCUT2D eigenvalue weighted by Crippen LogP contribution is 2.37. The molecule has 2 rings (SSSR count). The Morgan fingerprint density at radius 3 is 2.58 bits per heavy atom. The van der Waals surface area contributed by atoms with Crippen molar-refractivity contribution in [2.24, 2.45) is 5.73 Å². The smallest absolute Gasteiger partial charge is 0.228 e. The van der Waals surface area contributed by atoms with E-state index in [0.717, 1.165) is 32.1 Å². The molecule has 1 heterocycles. The summed E-state index contributed by atoms with van der Waals surface area (Å²) in [7, 11) is 1.75. The van der Waals surface area contributed by atoms with Crippen LogP contribution in [0.5, 0.6) is 0 Å². The quantitative estimate of drug-likeness (QED) is 0.830. The summed E-state index contributed by atoms with van der Waals surface area (Å²) in [6.45, 7) is 2.06. The van der Waals surface area contributed by atoms with Crippen molar-refractivity contribution < 1.29 is 9.26 Å². The van der Waals surface area contributed by atoms with Crippen molar-refractivity contribution in [3.8, 4) is 0 Å². The largest absolute Gasteiger partial charge is 0.370 e. The van der Waals surface area contributed by atoms with Crippen molar-refractivity contribution in [1.82, 2.24) is 10.1 Å². The second-order valence-electron chi connectivity index (χ2n) is 5.50. The van der Waals surface area contributed by atoms with E-state index in [-0.39, 0.29) is 11.6 Å². The van der Waals surface area contributed by atoms with Crippen molar-refractivity contribution >= 4 is 0 Å².